The molecule has 0 saturated carbocycles. The smallest absolute Gasteiger partial charge is 0.160 e. The maximum Gasteiger partial charge on any atom is 0.160 e. The van der Waals surface area contributed by atoms with E-state index >= 15 is 0 Å². The Balaban J connectivity index is 1.11. The average Bonchev–Trinajstić information content (AvgIpc) is 3.80. The highest BCUT2D eigenvalue weighted by molar-refractivity contribution is 7.99. The van der Waals surface area contributed by atoms with Crippen molar-refractivity contribution in [1.29, 1.82) is 0 Å². The second kappa shape index (κ2) is 12.7. The molecule has 0 bridgehead atoms. The van der Waals surface area contributed by atoms with Crippen LogP contribution in [0.5, 0.6) is 0 Å². The highest BCUT2D eigenvalue weighted by Crippen LogP contribution is 2.62. The zero-order chi connectivity index (χ0) is 37.5. The summed E-state index contributed by atoms with van der Waals surface area (Å²) in [6, 6.07) is 70.6. The van der Waals surface area contributed by atoms with Crippen LogP contribution in [0, 0.1) is 0 Å². The lowest BCUT2D eigenvalue weighted by molar-refractivity contribution is 0.722. The third-order valence-electron chi connectivity index (χ3n) is 11.8. The summed E-state index contributed by atoms with van der Waals surface area (Å²) in [4.78, 5) is 13.5. The fourth-order valence-corrected chi connectivity index (χ4v) is 11.8. The van der Waals surface area contributed by atoms with Crippen LogP contribution < -0.4 is 0 Å². The van der Waals surface area contributed by atoms with Crippen LogP contribution in [0.25, 0.3) is 76.3 Å². The van der Waals surface area contributed by atoms with Crippen LogP contribution in [0.1, 0.15) is 22.3 Å². The molecule has 266 valence electrons. The van der Waals surface area contributed by atoms with Gasteiger partial charge in [0.25, 0.3) is 0 Å². The average molecular weight is 761 g/mol. The number of hydrogen-bond donors (Lipinski definition) is 0. The van der Waals surface area contributed by atoms with Crippen LogP contribution in [-0.4, -0.2) is 9.97 Å². The van der Waals surface area contributed by atoms with Gasteiger partial charge >= 0.3 is 0 Å². The summed E-state index contributed by atoms with van der Waals surface area (Å²) in [6.07, 6.45) is 0. The predicted octanol–water partition coefficient (Wildman–Crippen LogP) is 14.3. The largest absolute Gasteiger partial charge is 0.228 e. The molecule has 2 aromatic heterocycles. The van der Waals surface area contributed by atoms with Crippen molar-refractivity contribution >= 4 is 43.3 Å². The van der Waals surface area contributed by atoms with Crippen LogP contribution in [0.15, 0.2) is 204 Å². The van der Waals surface area contributed by atoms with Crippen molar-refractivity contribution in [3.63, 3.8) is 0 Å². The fourth-order valence-electron chi connectivity index (χ4n) is 9.38. The van der Waals surface area contributed by atoms with Crippen molar-refractivity contribution in [2.24, 2.45) is 0 Å². The van der Waals surface area contributed by atoms with Crippen molar-refractivity contribution in [1.82, 2.24) is 9.97 Å². The highest BCUT2D eigenvalue weighted by Gasteiger charge is 2.50. The van der Waals surface area contributed by atoms with Gasteiger partial charge in [-0.25, -0.2) is 9.97 Å². The Kier molecular flexibility index (Phi) is 7.28. The van der Waals surface area contributed by atoms with Crippen LogP contribution in [-0.2, 0) is 5.41 Å². The first kappa shape index (κ1) is 32.6. The van der Waals surface area contributed by atoms with Crippen LogP contribution >= 0.6 is 23.1 Å². The van der Waals surface area contributed by atoms with E-state index in [1.54, 1.807) is 0 Å². The van der Waals surface area contributed by atoms with Gasteiger partial charge in [0.2, 0.25) is 0 Å². The van der Waals surface area contributed by atoms with E-state index in [4.69, 9.17) is 9.97 Å². The van der Waals surface area contributed by atoms with E-state index in [2.05, 4.69) is 194 Å². The van der Waals surface area contributed by atoms with Gasteiger partial charge < -0.3 is 0 Å². The number of aromatic nitrogens is 2. The zero-order valence-corrected chi connectivity index (χ0v) is 32.3. The van der Waals surface area contributed by atoms with E-state index in [-0.39, 0.29) is 0 Å². The van der Waals surface area contributed by atoms with Gasteiger partial charge in [0.1, 0.15) is 0 Å². The number of nitrogens with zero attached hydrogens (tertiary/aromatic N) is 2. The first-order chi connectivity index (χ1) is 28.3. The molecule has 0 saturated heterocycles. The maximum absolute atomic E-state index is 5.47. The summed E-state index contributed by atoms with van der Waals surface area (Å²) in [5.74, 6) is 0.713. The van der Waals surface area contributed by atoms with Crippen molar-refractivity contribution in [3.8, 4) is 56.2 Å². The van der Waals surface area contributed by atoms with Gasteiger partial charge in [0.05, 0.1) is 16.8 Å². The summed E-state index contributed by atoms with van der Waals surface area (Å²) in [5.41, 5.74) is 14.7. The molecule has 0 atom stereocenters. The van der Waals surface area contributed by atoms with E-state index in [1.165, 1.54) is 63.3 Å². The van der Waals surface area contributed by atoms with Crippen LogP contribution in [0.4, 0.5) is 0 Å². The molecule has 57 heavy (non-hydrogen) atoms. The van der Waals surface area contributed by atoms with Crippen molar-refractivity contribution < 1.29 is 0 Å². The molecule has 4 heteroatoms. The number of rotatable bonds is 4. The van der Waals surface area contributed by atoms with Crippen LogP contribution in [0.2, 0.25) is 0 Å². The van der Waals surface area contributed by atoms with Gasteiger partial charge in [-0.15, -0.1) is 11.3 Å². The Morgan fingerprint density at radius 1 is 0.368 bits per heavy atom. The van der Waals surface area contributed by atoms with E-state index in [9.17, 15) is 0 Å². The summed E-state index contributed by atoms with van der Waals surface area (Å²) in [6.45, 7) is 0. The van der Waals surface area contributed by atoms with Gasteiger partial charge in [-0.3, -0.25) is 0 Å². The monoisotopic (exact) mass is 760 g/mol. The molecule has 2 aliphatic rings. The molecule has 1 aliphatic carbocycles. The highest BCUT2D eigenvalue weighted by atomic mass is 32.2. The van der Waals surface area contributed by atoms with Crippen molar-refractivity contribution in [2.75, 3.05) is 0 Å². The fraction of sp³-hybridized carbons (Fsp3) is 0.0189. The molecule has 1 aliphatic heterocycles. The minimum absolute atomic E-state index is 0.428. The number of hydrogen-bond acceptors (Lipinski definition) is 4. The number of benzene rings is 8. The Bertz CT molecular complexity index is 3190. The molecule has 0 N–H and O–H groups in total. The van der Waals surface area contributed by atoms with E-state index in [1.807, 2.05) is 23.1 Å². The Morgan fingerprint density at radius 3 is 1.74 bits per heavy atom. The summed E-state index contributed by atoms with van der Waals surface area (Å²) in [5, 5.41) is 2.53. The maximum atomic E-state index is 5.47. The minimum atomic E-state index is -0.428. The summed E-state index contributed by atoms with van der Waals surface area (Å²) < 4.78 is 2.52. The second-order valence-corrected chi connectivity index (χ2v) is 16.9. The normalized spacial score (nSPS) is 13.3. The molecule has 0 amide bonds. The molecule has 1 spiro atoms. The lowest BCUT2D eigenvalue weighted by Gasteiger charge is -2.39. The van der Waals surface area contributed by atoms with E-state index in [0.29, 0.717) is 5.82 Å². The summed E-state index contributed by atoms with van der Waals surface area (Å²) >= 11 is 3.71. The molecule has 10 aromatic rings. The topological polar surface area (TPSA) is 25.8 Å². The first-order valence-electron chi connectivity index (χ1n) is 19.3. The standard InChI is InChI=1S/C53H32N2S2/c1-2-15-33(16-3-1)35-17-4-5-19-37(35)46-32-47(40-22-14-21-39-38-20-7-11-26-48(38)57-51(39)40)55-52(54-46)34-29-30-43-41(31-34)36-18-6-8-23-42(36)53(43)44-24-9-12-27-49(44)56-50-28-13-10-25-45(50)53/h1-32H. The molecular weight excluding hydrogens is 729 g/mol. The SMILES string of the molecule is c1ccc(-c2ccccc2-c2cc(-c3cccc4c3sc3ccccc34)nc(-c3ccc4c(c3)-c3ccccc3C43c4ccccc4Sc4ccccc43)n2)cc1. The van der Waals surface area contributed by atoms with E-state index < -0.39 is 5.41 Å². The summed E-state index contributed by atoms with van der Waals surface area (Å²) in [7, 11) is 0. The molecule has 12 rings (SSSR count). The minimum Gasteiger partial charge on any atom is -0.228 e. The lowest BCUT2D eigenvalue weighted by atomic mass is 9.67. The predicted molar refractivity (Wildman–Crippen MR) is 238 cm³/mol. The lowest BCUT2D eigenvalue weighted by Crippen LogP contribution is -2.31. The molecule has 3 heterocycles. The third-order valence-corrected chi connectivity index (χ3v) is 14.2. The number of fused-ring (bicyclic) bond motifs is 12. The Labute approximate surface area is 339 Å². The molecule has 0 unspecified atom stereocenters. The molecular formula is C53H32N2S2. The van der Waals surface area contributed by atoms with Gasteiger partial charge in [-0.1, -0.05) is 176 Å². The molecule has 2 nitrogen and oxygen atoms in total. The zero-order valence-electron chi connectivity index (χ0n) is 30.7. The molecule has 0 fully saturated rings. The van der Waals surface area contributed by atoms with Gasteiger partial charge in [0, 0.05) is 46.7 Å². The number of thiophene rings is 1. The quantitative estimate of drug-likeness (QED) is 0.179. The van der Waals surface area contributed by atoms with Crippen molar-refractivity contribution in [2.45, 2.75) is 15.2 Å². The van der Waals surface area contributed by atoms with E-state index in [0.717, 1.165) is 39.2 Å². The Morgan fingerprint density at radius 2 is 0.947 bits per heavy atom. The van der Waals surface area contributed by atoms with Gasteiger partial charge in [0.15, 0.2) is 5.82 Å². The molecule has 8 aromatic carbocycles. The second-order valence-electron chi connectivity index (χ2n) is 14.8. The molecule has 0 radical (unpaired) electrons. The third kappa shape index (κ3) is 4.84. The van der Waals surface area contributed by atoms with Crippen LogP contribution in [0.3, 0.4) is 0 Å². The Hall–Kier alpha value is -6.59. The van der Waals surface area contributed by atoms with Gasteiger partial charge in [-0.2, -0.15) is 0 Å². The van der Waals surface area contributed by atoms with Gasteiger partial charge in [-0.05, 0) is 74.8 Å². The first-order valence-corrected chi connectivity index (χ1v) is 21.0. The van der Waals surface area contributed by atoms with Crippen molar-refractivity contribution in [3.05, 3.63) is 216 Å².